The predicted molar refractivity (Wildman–Crippen MR) is 110 cm³/mol. The number of ketones is 1. The molecular weight excluding hydrogens is 513 g/mol. The number of halogens is 6. The first-order valence-electron chi connectivity index (χ1n) is 7.78. The van der Waals surface area contributed by atoms with Crippen molar-refractivity contribution in [1.82, 2.24) is 0 Å². The molecule has 0 radical (unpaired) electrons. The Morgan fingerprint density at radius 2 is 1.23 bits per heavy atom. The third-order valence-electron chi connectivity index (χ3n) is 4.30. The number of benzene rings is 2. The topological polar surface area (TPSA) is 17.1 Å². The van der Waals surface area contributed by atoms with E-state index in [9.17, 15) is 13.6 Å². The van der Waals surface area contributed by atoms with Gasteiger partial charge >= 0.3 is 0 Å². The second kappa shape index (κ2) is 9.13. The van der Waals surface area contributed by atoms with Crippen LogP contribution in [0.3, 0.4) is 0 Å². The number of rotatable bonds is 6. The minimum Gasteiger partial charge on any atom is -0.298 e. The molecule has 2 aromatic carbocycles. The summed E-state index contributed by atoms with van der Waals surface area (Å²) in [5.74, 6) is -2.97. The zero-order valence-electron chi connectivity index (χ0n) is 14.1. The SMILES string of the molecule is Cc1cc(F)c(C(CBr)C(=O)C(CBr)c2cc(Cl)c(C)cc2F)cc1Cl. The fraction of sp³-hybridized carbons (Fsp3) is 0.316. The molecule has 0 bridgehead atoms. The van der Waals surface area contributed by atoms with Gasteiger partial charge in [-0.3, -0.25) is 4.79 Å². The summed E-state index contributed by atoms with van der Waals surface area (Å²) in [6.07, 6.45) is 0. The number of Topliss-reactive ketones (excluding diaryl/α,β-unsaturated/α-hetero) is 1. The van der Waals surface area contributed by atoms with Crippen LogP contribution in [0.5, 0.6) is 0 Å². The van der Waals surface area contributed by atoms with Crippen molar-refractivity contribution in [3.8, 4) is 0 Å². The van der Waals surface area contributed by atoms with Gasteiger partial charge in [0.1, 0.15) is 17.4 Å². The van der Waals surface area contributed by atoms with Gasteiger partial charge in [-0.2, -0.15) is 0 Å². The number of hydrogen-bond donors (Lipinski definition) is 0. The summed E-state index contributed by atoms with van der Waals surface area (Å²) >= 11 is 18.8. The highest BCUT2D eigenvalue weighted by Gasteiger charge is 2.32. The number of alkyl halides is 2. The fourth-order valence-corrected chi connectivity index (χ4v) is 4.41. The zero-order chi connectivity index (χ0) is 19.6. The van der Waals surface area contributed by atoms with Crippen LogP contribution in [-0.4, -0.2) is 16.4 Å². The molecule has 0 aromatic heterocycles. The van der Waals surface area contributed by atoms with E-state index in [-0.39, 0.29) is 27.6 Å². The summed E-state index contributed by atoms with van der Waals surface area (Å²) in [7, 11) is 0. The molecular formula is C19H16Br2Cl2F2O. The van der Waals surface area contributed by atoms with Crippen molar-refractivity contribution in [2.75, 3.05) is 10.7 Å². The summed E-state index contributed by atoms with van der Waals surface area (Å²) in [6.45, 7) is 3.37. The highest BCUT2D eigenvalue weighted by molar-refractivity contribution is 9.09. The molecule has 26 heavy (non-hydrogen) atoms. The molecule has 0 fully saturated rings. The van der Waals surface area contributed by atoms with Gasteiger partial charge in [0.2, 0.25) is 0 Å². The molecule has 1 nitrogen and oxygen atoms in total. The Kier molecular flexibility index (Phi) is 7.66. The molecule has 0 N–H and O–H groups in total. The van der Waals surface area contributed by atoms with Crippen molar-refractivity contribution in [3.05, 3.63) is 68.2 Å². The van der Waals surface area contributed by atoms with E-state index in [2.05, 4.69) is 31.9 Å². The maximum absolute atomic E-state index is 14.5. The van der Waals surface area contributed by atoms with Gasteiger partial charge in [-0.05, 0) is 49.2 Å². The van der Waals surface area contributed by atoms with Crippen molar-refractivity contribution < 1.29 is 13.6 Å². The van der Waals surface area contributed by atoms with E-state index in [1.807, 2.05) is 0 Å². The lowest BCUT2D eigenvalue weighted by Gasteiger charge is -2.22. The Balaban J connectivity index is 2.49. The van der Waals surface area contributed by atoms with E-state index >= 15 is 0 Å². The average Bonchev–Trinajstić information content (AvgIpc) is 2.58. The van der Waals surface area contributed by atoms with Crippen LogP contribution in [-0.2, 0) is 4.79 Å². The number of carbonyl (C=O) groups excluding carboxylic acids is 1. The summed E-state index contributed by atoms with van der Waals surface area (Å²) < 4.78 is 28.9. The highest BCUT2D eigenvalue weighted by Crippen LogP contribution is 2.35. The normalized spacial score (nSPS) is 13.5. The lowest BCUT2D eigenvalue weighted by atomic mass is 9.85. The van der Waals surface area contributed by atoms with E-state index in [0.717, 1.165) is 0 Å². The molecule has 0 heterocycles. The monoisotopic (exact) mass is 526 g/mol. The number of carbonyl (C=O) groups is 1. The highest BCUT2D eigenvalue weighted by atomic mass is 79.9. The van der Waals surface area contributed by atoms with Gasteiger partial charge in [-0.25, -0.2) is 8.78 Å². The van der Waals surface area contributed by atoms with Gasteiger partial charge in [0, 0.05) is 31.8 Å². The third kappa shape index (κ3) is 4.49. The minimum atomic E-state index is -0.810. The molecule has 2 unspecified atom stereocenters. The van der Waals surface area contributed by atoms with Gasteiger partial charge in [-0.1, -0.05) is 55.1 Å². The fourth-order valence-electron chi connectivity index (χ4n) is 2.73. The molecule has 0 spiro atoms. The van der Waals surface area contributed by atoms with Gasteiger partial charge in [0.25, 0.3) is 0 Å². The van der Waals surface area contributed by atoms with Crippen LogP contribution >= 0.6 is 55.1 Å². The molecule has 0 aliphatic carbocycles. The van der Waals surface area contributed by atoms with Gasteiger partial charge < -0.3 is 0 Å². The van der Waals surface area contributed by atoms with Crippen LogP contribution < -0.4 is 0 Å². The lowest BCUT2D eigenvalue weighted by Crippen LogP contribution is -2.25. The molecule has 0 aliphatic heterocycles. The Labute approximate surface area is 178 Å². The molecule has 7 heteroatoms. The van der Waals surface area contributed by atoms with Gasteiger partial charge in [-0.15, -0.1) is 0 Å². The Morgan fingerprint density at radius 1 is 0.885 bits per heavy atom. The smallest absolute Gasteiger partial charge is 0.149 e. The minimum absolute atomic E-state index is 0.187. The largest absolute Gasteiger partial charge is 0.298 e. The standard InChI is InChI=1S/C19H16Br2Cl2F2O/c1-9-3-17(24)11(5-15(9)22)13(7-20)19(26)14(8-21)12-6-16(23)10(2)4-18(12)25/h3-6,13-14H,7-8H2,1-2H3. The molecule has 2 atom stereocenters. The summed E-state index contributed by atoms with van der Waals surface area (Å²) in [4.78, 5) is 13.1. The number of aryl methyl sites for hydroxylation is 2. The maximum Gasteiger partial charge on any atom is 0.149 e. The van der Waals surface area contributed by atoms with Crippen LogP contribution in [0.25, 0.3) is 0 Å². The predicted octanol–water partition coefficient (Wildman–Crippen LogP) is 7.11. The summed E-state index contributed by atoms with van der Waals surface area (Å²) in [6, 6.07) is 5.51. The van der Waals surface area contributed by atoms with Crippen molar-refractivity contribution in [1.29, 1.82) is 0 Å². The van der Waals surface area contributed by atoms with Gasteiger partial charge in [0.15, 0.2) is 0 Å². The maximum atomic E-state index is 14.5. The molecule has 0 saturated heterocycles. The van der Waals surface area contributed by atoms with Crippen LogP contribution in [0.4, 0.5) is 8.78 Å². The van der Waals surface area contributed by atoms with Crippen molar-refractivity contribution in [2.45, 2.75) is 25.7 Å². The quantitative estimate of drug-likeness (QED) is 0.365. The van der Waals surface area contributed by atoms with Crippen molar-refractivity contribution in [2.24, 2.45) is 0 Å². The molecule has 0 saturated carbocycles. The van der Waals surface area contributed by atoms with E-state index in [1.165, 1.54) is 24.3 Å². The number of hydrogen-bond acceptors (Lipinski definition) is 1. The first kappa shape index (κ1) is 21.8. The van der Waals surface area contributed by atoms with Crippen LogP contribution in [0.1, 0.15) is 34.1 Å². The lowest BCUT2D eigenvalue weighted by molar-refractivity contribution is -0.121. The molecule has 0 aliphatic rings. The second-order valence-electron chi connectivity index (χ2n) is 6.06. The summed E-state index contributed by atoms with van der Waals surface area (Å²) in [5.41, 5.74) is 1.54. The van der Waals surface area contributed by atoms with Crippen LogP contribution in [0.15, 0.2) is 24.3 Å². The van der Waals surface area contributed by atoms with E-state index in [0.29, 0.717) is 21.2 Å². The summed E-state index contributed by atoms with van der Waals surface area (Å²) in [5, 5.41) is 1.12. The second-order valence-corrected chi connectivity index (χ2v) is 8.17. The molecule has 0 amide bonds. The van der Waals surface area contributed by atoms with Crippen LogP contribution in [0, 0.1) is 25.5 Å². The van der Waals surface area contributed by atoms with E-state index in [4.69, 9.17) is 23.2 Å². The van der Waals surface area contributed by atoms with E-state index < -0.39 is 23.5 Å². The van der Waals surface area contributed by atoms with Gasteiger partial charge in [0.05, 0.1) is 11.8 Å². The first-order chi connectivity index (χ1) is 12.2. The van der Waals surface area contributed by atoms with Crippen LogP contribution in [0.2, 0.25) is 10.0 Å². The van der Waals surface area contributed by atoms with Crippen molar-refractivity contribution in [3.63, 3.8) is 0 Å². The molecule has 2 aromatic rings. The van der Waals surface area contributed by atoms with E-state index in [1.54, 1.807) is 13.8 Å². The Morgan fingerprint density at radius 3 is 1.54 bits per heavy atom. The Hall–Kier alpha value is -0.490. The third-order valence-corrected chi connectivity index (χ3v) is 6.41. The first-order valence-corrected chi connectivity index (χ1v) is 10.8. The Bertz CT molecular complexity index is 775. The average molecular weight is 529 g/mol. The molecule has 140 valence electrons. The van der Waals surface area contributed by atoms with Crippen molar-refractivity contribution >= 4 is 60.8 Å². The molecule has 2 rings (SSSR count). The zero-order valence-corrected chi connectivity index (χ0v) is 18.7.